The first-order valence-electron chi connectivity index (χ1n) is 9.60. The fourth-order valence-corrected chi connectivity index (χ4v) is 4.98. The molecule has 1 fully saturated rings. The summed E-state index contributed by atoms with van der Waals surface area (Å²) in [5.74, 6) is -1.25. The SMILES string of the molecule is O=C(NO)c1ccccc1S(=O)(=O)N1CCC(OCc2ccc(OC(F)(F)F)cc2)CC1. The first-order chi connectivity index (χ1) is 15.1. The molecule has 0 unspecified atom stereocenters. The van der Waals surface area contributed by atoms with Gasteiger partial charge in [0.2, 0.25) is 10.0 Å². The van der Waals surface area contributed by atoms with Crippen LogP contribution in [-0.4, -0.2) is 49.4 Å². The molecule has 3 rings (SSSR count). The average molecular weight is 474 g/mol. The normalized spacial score (nSPS) is 16.0. The Morgan fingerprint density at radius 2 is 1.72 bits per heavy atom. The summed E-state index contributed by atoms with van der Waals surface area (Å²) >= 11 is 0. The molecular weight excluding hydrogens is 453 g/mol. The number of carbonyl (C=O) groups is 1. The second kappa shape index (κ2) is 9.86. The van der Waals surface area contributed by atoms with Crippen molar-refractivity contribution in [2.75, 3.05) is 13.1 Å². The highest BCUT2D eigenvalue weighted by molar-refractivity contribution is 7.89. The molecule has 0 bridgehead atoms. The number of hydroxylamine groups is 1. The maximum atomic E-state index is 13.0. The molecule has 1 amide bonds. The van der Waals surface area contributed by atoms with E-state index in [-0.39, 0.29) is 42.0 Å². The van der Waals surface area contributed by atoms with Crippen LogP contribution in [0.3, 0.4) is 0 Å². The second-order valence-electron chi connectivity index (χ2n) is 7.04. The van der Waals surface area contributed by atoms with Gasteiger partial charge in [0.05, 0.1) is 23.2 Å². The molecule has 0 aliphatic carbocycles. The van der Waals surface area contributed by atoms with Crippen molar-refractivity contribution in [1.29, 1.82) is 0 Å². The van der Waals surface area contributed by atoms with E-state index in [4.69, 9.17) is 9.94 Å². The standard InChI is InChI=1S/C20H21F3N2O6S/c21-20(22,23)31-16-7-5-14(6-8-16)13-30-15-9-11-25(12-10-15)32(28,29)18-4-2-1-3-17(18)19(26)24-27/h1-8,15,27H,9-13H2,(H,24,26). The number of hydrogen-bond donors (Lipinski definition) is 2. The molecule has 1 aliphatic rings. The smallest absolute Gasteiger partial charge is 0.406 e. The number of halogens is 3. The number of carbonyl (C=O) groups excluding carboxylic acids is 1. The van der Waals surface area contributed by atoms with Crippen molar-refractivity contribution in [3.63, 3.8) is 0 Å². The monoisotopic (exact) mass is 474 g/mol. The summed E-state index contributed by atoms with van der Waals surface area (Å²) < 4.78 is 73.4. The second-order valence-corrected chi connectivity index (χ2v) is 8.95. The minimum atomic E-state index is -4.76. The molecule has 0 atom stereocenters. The predicted octanol–water partition coefficient (Wildman–Crippen LogP) is 3.07. The van der Waals surface area contributed by atoms with Gasteiger partial charge in [-0.1, -0.05) is 24.3 Å². The molecule has 32 heavy (non-hydrogen) atoms. The van der Waals surface area contributed by atoms with Crippen LogP contribution in [0.1, 0.15) is 28.8 Å². The first kappa shape index (κ1) is 24.0. The van der Waals surface area contributed by atoms with Crippen molar-refractivity contribution in [3.8, 4) is 5.75 Å². The van der Waals surface area contributed by atoms with Gasteiger partial charge in [-0.15, -0.1) is 13.2 Å². The number of hydrogen-bond acceptors (Lipinski definition) is 6. The molecular formula is C20H21F3N2O6S. The molecule has 0 saturated carbocycles. The summed E-state index contributed by atoms with van der Waals surface area (Å²) in [5.41, 5.74) is 1.94. The Balaban J connectivity index is 1.56. The Hall–Kier alpha value is -2.67. The fourth-order valence-electron chi connectivity index (χ4n) is 3.32. The minimum absolute atomic E-state index is 0.156. The Labute approximate surface area is 182 Å². The van der Waals surface area contributed by atoms with Crippen LogP contribution in [0.4, 0.5) is 13.2 Å². The third-order valence-corrected chi connectivity index (χ3v) is 6.85. The number of piperidine rings is 1. The summed E-state index contributed by atoms with van der Waals surface area (Å²) in [6.45, 7) is 0.490. The zero-order valence-corrected chi connectivity index (χ0v) is 17.5. The van der Waals surface area contributed by atoms with Crippen molar-refractivity contribution < 1.29 is 41.1 Å². The van der Waals surface area contributed by atoms with E-state index in [2.05, 4.69) is 4.74 Å². The zero-order valence-electron chi connectivity index (χ0n) is 16.7. The molecule has 2 aromatic rings. The lowest BCUT2D eigenvalue weighted by molar-refractivity contribution is -0.274. The number of nitrogens with one attached hydrogen (secondary N) is 1. The molecule has 0 aromatic heterocycles. The van der Waals surface area contributed by atoms with Crippen LogP contribution in [0.2, 0.25) is 0 Å². The lowest BCUT2D eigenvalue weighted by Crippen LogP contribution is -2.41. The van der Waals surface area contributed by atoms with Gasteiger partial charge in [-0.3, -0.25) is 10.0 Å². The molecule has 0 spiro atoms. The molecule has 1 aliphatic heterocycles. The van der Waals surface area contributed by atoms with Crippen LogP contribution >= 0.6 is 0 Å². The van der Waals surface area contributed by atoms with Gasteiger partial charge in [0.25, 0.3) is 5.91 Å². The van der Waals surface area contributed by atoms with Crippen LogP contribution in [-0.2, 0) is 21.4 Å². The highest BCUT2D eigenvalue weighted by Crippen LogP contribution is 2.26. The number of rotatable bonds is 7. The maximum absolute atomic E-state index is 13.0. The first-order valence-corrected chi connectivity index (χ1v) is 11.0. The predicted molar refractivity (Wildman–Crippen MR) is 105 cm³/mol. The number of sulfonamides is 1. The molecule has 8 nitrogen and oxygen atoms in total. The zero-order chi connectivity index (χ0) is 23.4. The van der Waals surface area contributed by atoms with Gasteiger partial charge >= 0.3 is 6.36 Å². The molecule has 2 N–H and O–H groups in total. The molecule has 1 saturated heterocycles. The largest absolute Gasteiger partial charge is 0.573 e. The number of nitrogens with zero attached hydrogens (tertiary/aromatic N) is 1. The molecule has 1 heterocycles. The van der Waals surface area contributed by atoms with E-state index in [0.29, 0.717) is 18.4 Å². The number of ether oxygens (including phenoxy) is 2. The van der Waals surface area contributed by atoms with Crippen LogP contribution < -0.4 is 10.2 Å². The van der Waals surface area contributed by atoms with Gasteiger partial charge in [-0.25, -0.2) is 13.9 Å². The molecule has 174 valence electrons. The van der Waals surface area contributed by atoms with Gasteiger partial charge in [0.1, 0.15) is 5.75 Å². The number of benzene rings is 2. The van der Waals surface area contributed by atoms with E-state index < -0.39 is 22.3 Å². The van der Waals surface area contributed by atoms with Crippen molar-refractivity contribution in [2.24, 2.45) is 0 Å². The quantitative estimate of drug-likeness (QED) is 0.472. The Morgan fingerprint density at radius 1 is 1.09 bits per heavy atom. The third kappa shape index (κ3) is 5.97. The fraction of sp³-hybridized carbons (Fsp3) is 0.350. The minimum Gasteiger partial charge on any atom is -0.406 e. The average Bonchev–Trinajstić information content (AvgIpc) is 2.77. The van der Waals surface area contributed by atoms with E-state index >= 15 is 0 Å². The Bertz CT molecular complexity index is 1040. The van der Waals surface area contributed by atoms with E-state index in [1.54, 1.807) is 0 Å². The van der Waals surface area contributed by atoms with Crippen LogP contribution in [0.5, 0.6) is 5.75 Å². The van der Waals surface area contributed by atoms with Gasteiger partial charge in [-0.2, -0.15) is 4.31 Å². The van der Waals surface area contributed by atoms with E-state index in [1.807, 2.05) is 0 Å². The molecule has 12 heteroatoms. The van der Waals surface area contributed by atoms with Crippen LogP contribution in [0.25, 0.3) is 0 Å². The van der Waals surface area contributed by atoms with Gasteiger partial charge in [0.15, 0.2) is 0 Å². The Kier molecular flexibility index (Phi) is 7.39. The van der Waals surface area contributed by atoms with Crippen molar-refractivity contribution in [3.05, 3.63) is 59.7 Å². The van der Waals surface area contributed by atoms with Gasteiger partial charge in [-0.05, 0) is 42.7 Å². The summed E-state index contributed by atoms with van der Waals surface area (Å²) in [7, 11) is -3.96. The summed E-state index contributed by atoms with van der Waals surface area (Å²) in [5, 5.41) is 8.86. The van der Waals surface area contributed by atoms with E-state index in [1.165, 1.54) is 58.3 Å². The third-order valence-electron chi connectivity index (χ3n) is 4.89. The lowest BCUT2D eigenvalue weighted by Gasteiger charge is -2.31. The highest BCUT2D eigenvalue weighted by Gasteiger charge is 2.33. The van der Waals surface area contributed by atoms with Crippen LogP contribution in [0.15, 0.2) is 53.4 Å². The van der Waals surface area contributed by atoms with Crippen molar-refractivity contribution in [2.45, 2.75) is 36.8 Å². The molecule has 2 aromatic carbocycles. The lowest BCUT2D eigenvalue weighted by atomic mass is 10.1. The highest BCUT2D eigenvalue weighted by atomic mass is 32.2. The number of alkyl halides is 3. The van der Waals surface area contributed by atoms with Crippen molar-refractivity contribution >= 4 is 15.9 Å². The number of amides is 1. The van der Waals surface area contributed by atoms with E-state index in [9.17, 15) is 26.4 Å². The van der Waals surface area contributed by atoms with Crippen molar-refractivity contribution in [1.82, 2.24) is 9.79 Å². The van der Waals surface area contributed by atoms with E-state index in [0.717, 1.165) is 0 Å². The summed E-state index contributed by atoms with van der Waals surface area (Å²) in [6.07, 6.45) is -4.18. The summed E-state index contributed by atoms with van der Waals surface area (Å²) in [6, 6.07) is 10.9. The van der Waals surface area contributed by atoms with Gasteiger partial charge in [0, 0.05) is 13.1 Å². The maximum Gasteiger partial charge on any atom is 0.573 e. The molecule has 0 radical (unpaired) electrons. The van der Waals surface area contributed by atoms with Gasteiger partial charge < -0.3 is 9.47 Å². The van der Waals surface area contributed by atoms with Crippen LogP contribution in [0, 0.1) is 0 Å². The topological polar surface area (TPSA) is 105 Å². The Morgan fingerprint density at radius 3 is 2.31 bits per heavy atom. The summed E-state index contributed by atoms with van der Waals surface area (Å²) in [4.78, 5) is 11.6.